The van der Waals surface area contributed by atoms with Gasteiger partial charge in [-0.3, -0.25) is 4.98 Å². The molecule has 2 N–H and O–H groups in total. The van der Waals surface area contributed by atoms with Crippen LogP contribution in [0.15, 0.2) is 34.0 Å². The van der Waals surface area contributed by atoms with E-state index in [-0.39, 0.29) is 5.69 Å². The van der Waals surface area contributed by atoms with Crippen molar-refractivity contribution in [3.8, 4) is 0 Å². The zero-order valence-electron chi connectivity index (χ0n) is 7.66. The van der Waals surface area contributed by atoms with Gasteiger partial charge in [0.15, 0.2) is 0 Å². The van der Waals surface area contributed by atoms with E-state index in [1.165, 1.54) is 11.8 Å². The lowest BCUT2D eigenvalue weighted by molar-refractivity contribution is 1.01. The van der Waals surface area contributed by atoms with Gasteiger partial charge in [0, 0.05) is 4.90 Å². The van der Waals surface area contributed by atoms with Gasteiger partial charge in [-0.25, -0.2) is 9.89 Å². The lowest BCUT2D eigenvalue weighted by Gasteiger charge is -2.00. The summed E-state index contributed by atoms with van der Waals surface area (Å²) in [7, 11) is 0. The number of rotatable bonds is 3. The van der Waals surface area contributed by atoms with Gasteiger partial charge in [-0.1, -0.05) is 23.7 Å². The van der Waals surface area contributed by atoms with Gasteiger partial charge in [0.05, 0.1) is 10.8 Å². The molecule has 0 bridgehead atoms. The molecule has 0 aliphatic rings. The van der Waals surface area contributed by atoms with Gasteiger partial charge in [-0.15, -0.1) is 11.8 Å². The summed E-state index contributed by atoms with van der Waals surface area (Å²) in [5.74, 6) is 1.20. The average molecular weight is 242 g/mol. The van der Waals surface area contributed by atoms with Crippen LogP contribution in [0.25, 0.3) is 0 Å². The Kier molecular flexibility index (Phi) is 3.13. The normalized spacial score (nSPS) is 10.5. The van der Waals surface area contributed by atoms with Gasteiger partial charge in [-0.05, 0) is 12.1 Å². The summed E-state index contributed by atoms with van der Waals surface area (Å²) >= 11 is 7.50. The van der Waals surface area contributed by atoms with Crippen LogP contribution in [0.5, 0.6) is 0 Å². The zero-order valence-corrected chi connectivity index (χ0v) is 9.23. The fourth-order valence-electron chi connectivity index (χ4n) is 1.08. The minimum absolute atomic E-state index is 0.287. The Labute approximate surface area is 95.1 Å². The van der Waals surface area contributed by atoms with Crippen molar-refractivity contribution < 1.29 is 0 Å². The number of H-pyrrole nitrogens is 2. The molecule has 0 aliphatic heterocycles. The highest BCUT2D eigenvalue weighted by molar-refractivity contribution is 7.98. The lowest BCUT2D eigenvalue weighted by atomic mass is 10.4. The van der Waals surface area contributed by atoms with E-state index in [2.05, 4.69) is 15.2 Å². The number of hydrogen-bond donors (Lipinski definition) is 2. The first-order valence-electron chi connectivity index (χ1n) is 4.26. The molecule has 0 aliphatic carbocycles. The van der Waals surface area contributed by atoms with Crippen molar-refractivity contribution in [1.82, 2.24) is 15.2 Å². The smallest absolute Gasteiger partial charge is 0.292 e. The van der Waals surface area contributed by atoms with Crippen molar-refractivity contribution in [2.45, 2.75) is 10.6 Å². The summed E-state index contributed by atoms with van der Waals surface area (Å²) in [5, 5.41) is 6.82. The second-order valence-corrected chi connectivity index (χ2v) is 4.27. The number of thioether (sulfide) groups is 1. The van der Waals surface area contributed by atoms with Crippen LogP contribution < -0.4 is 5.69 Å². The Morgan fingerprint density at radius 3 is 2.87 bits per heavy atom. The molecular weight excluding hydrogens is 234 g/mol. The van der Waals surface area contributed by atoms with E-state index in [9.17, 15) is 4.79 Å². The largest absolute Gasteiger partial charge is 0.340 e. The maximum atomic E-state index is 10.8. The fraction of sp³-hybridized carbons (Fsp3) is 0.111. The van der Waals surface area contributed by atoms with Crippen molar-refractivity contribution in [1.29, 1.82) is 0 Å². The molecule has 0 amide bonds. The maximum Gasteiger partial charge on any atom is 0.340 e. The molecule has 0 radical (unpaired) electrons. The Balaban J connectivity index is 2.05. The van der Waals surface area contributed by atoms with E-state index in [0.29, 0.717) is 16.6 Å². The summed E-state index contributed by atoms with van der Waals surface area (Å²) < 4.78 is 0. The summed E-state index contributed by atoms with van der Waals surface area (Å²) in [4.78, 5) is 14.3. The molecule has 0 saturated heterocycles. The number of hydrogen-bond acceptors (Lipinski definition) is 3. The number of benzene rings is 1. The van der Waals surface area contributed by atoms with Crippen LogP contribution in [0.1, 0.15) is 5.82 Å². The second-order valence-electron chi connectivity index (χ2n) is 2.84. The molecule has 1 heterocycles. The number of nitrogens with zero attached hydrogens (tertiary/aromatic N) is 1. The van der Waals surface area contributed by atoms with Crippen LogP contribution >= 0.6 is 23.4 Å². The predicted molar refractivity (Wildman–Crippen MR) is 60.2 cm³/mol. The molecule has 1 aromatic carbocycles. The summed E-state index contributed by atoms with van der Waals surface area (Å²) in [6.45, 7) is 0. The van der Waals surface area contributed by atoms with Crippen LogP contribution in [0.4, 0.5) is 0 Å². The molecule has 15 heavy (non-hydrogen) atoms. The Bertz CT molecular complexity index is 508. The maximum absolute atomic E-state index is 10.8. The highest BCUT2D eigenvalue weighted by atomic mass is 35.5. The van der Waals surface area contributed by atoms with Crippen molar-refractivity contribution in [3.05, 3.63) is 45.6 Å². The molecule has 4 nitrogen and oxygen atoms in total. The Morgan fingerprint density at radius 1 is 1.40 bits per heavy atom. The van der Waals surface area contributed by atoms with Gasteiger partial charge in [0.25, 0.3) is 0 Å². The third kappa shape index (κ3) is 2.64. The quantitative estimate of drug-likeness (QED) is 0.809. The molecule has 6 heteroatoms. The summed E-state index contributed by atoms with van der Waals surface area (Å²) in [6.07, 6.45) is 0. The average Bonchev–Trinajstić information content (AvgIpc) is 2.63. The van der Waals surface area contributed by atoms with Gasteiger partial charge in [0.1, 0.15) is 5.82 Å². The molecule has 1 aromatic heterocycles. The van der Waals surface area contributed by atoms with Gasteiger partial charge in [-0.2, -0.15) is 5.10 Å². The van der Waals surface area contributed by atoms with Crippen molar-refractivity contribution in [3.63, 3.8) is 0 Å². The molecule has 0 unspecified atom stereocenters. The van der Waals surface area contributed by atoms with E-state index >= 15 is 0 Å². The number of halogens is 1. The first-order chi connectivity index (χ1) is 7.25. The van der Waals surface area contributed by atoms with Crippen LogP contribution in [0.2, 0.25) is 5.02 Å². The van der Waals surface area contributed by atoms with E-state index in [1.807, 2.05) is 24.3 Å². The van der Waals surface area contributed by atoms with E-state index in [1.54, 1.807) is 0 Å². The molecule has 2 rings (SSSR count). The fourth-order valence-corrected chi connectivity index (χ4v) is 2.19. The first-order valence-corrected chi connectivity index (χ1v) is 5.63. The van der Waals surface area contributed by atoms with Gasteiger partial charge < -0.3 is 0 Å². The van der Waals surface area contributed by atoms with Crippen LogP contribution in [0.3, 0.4) is 0 Å². The van der Waals surface area contributed by atoms with Crippen LogP contribution in [-0.2, 0) is 5.75 Å². The molecule has 0 saturated carbocycles. The van der Waals surface area contributed by atoms with E-state index in [0.717, 1.165) is 4.90 Å². The standard InChI is InChI=1S/C9H8ClN3OS/c10-6-3-1-2-4-7(6)15-5-8-11-9(14)13-12-8/h1-4H,5H2,(H2,11,12,13,14). The number of aromatic nitrogens is 3. The third-order valence-corrected chi connectivity index (χ3v) is 3.28. The Morgan fingerprint density at radius 2 is 2.20 bits per heavy atom. The third-order valence-electron chi connectivity index (χ3n) is 1.75. The molecule has 2 aromatic rings. The van der Waals surface area contributed by atoms with Gasteiger partial charge >= 0.3 is 5.69 Å². The van der Waals surface area contributed by atoms with E-state index < -0.39 is 0 Å². The van der Waals surface area contributed by atoms with Crippen molar-refractivity contribution in [2.75, 3.05) is 0 Å². The topological polar surface area (TPSA) is 61.5 Å². The predicted octanol–water partition coefficient (Wildman–Crippen LogP) is 2.04. The monoisotopic (exact) mass is 241 g/mol. The van der Waals surface area contributed by atoms with Crippen LogP contribution in [0, 0.1) is 0 Å². The highest BCUT2D eigenvalue weighted by Gasteiger charge is 2.02. The number of aromatic amines is 2. The van der Waals surface area contributed by atoms with Gasteiger partial charge in [0.2, 0.25) is 0 Å². The highest BCUT2D eigenvalue weighted by Crippen LogP contribution is 2.28. The molecule has 0 atom stereocenters. The zero-order chi connectivity index (χ0) is 10.7. The summed E-state index contributed by atoms with van der Waals surface area (Å²) in [6, 6.07) is 7.55. The summed E-state index contributed by atoms with van der Waals surface area (Å²) in [5.41, 5.74) is -0.287. The van der Waals surface area contributed by atoms with Crippen molar-refractivity contribution >= 4 is 23.4 Å². The molecule has 78 valence electrons. The number of nitrogens with one attached hydrogen (secondary N) is 2. The Hall–Kier alpha value is -1.20. The first kappa shape index (κ1) is 10.3. The lowest BCUT2D eigenvalue weighted by Crippen LogP contribution is -2.00. The molecular formula is C9H8ClN3OS. The molecule has 0 spiro atoms. The van der Waals surface area contributed by atoms with E-state index in [4.69, 9.17) is 11.6 Å². The minimum atomic E-state index is -0.287. The second kappa shape index (κ2) is 4.55. The molecule has 0 fully saturated rings. The minimum Gasteiger partial charge on any atom is -0.292 e. The van der Waals surface area contributed by atoms with Crippen LogP contribution in [-0.4, -0.2) is 15.2 Å². The SMILES string of the molecule is O=c1[nH]nc(CSc2ccccc2Cl)[nH]1. The van der Waals surface area contributed by atoms with Crippen molar-refractivity contribution in [2.24, 2.45) is 0 Å².